The molecule has 5 nitrogen and oxygen atoms in total. The number of hydrogen-bond acceptors (Lipinski definition) is 4. The Kier molecular flexibility index (Phi) is 6.94. The molecule has 1 aliphatic rings. The van der Waals surface area contributed by atoms with E-state index in [1.165, 1.54) is 11.8 Å². The normalized spacial score (nSPS) is 16.1. The van der Waals surface area contributed by atoms with Crippen LogP contribution in [0.5, 0.6) is 5.75 Å². The second kappa shape index (κ2) is 9.23. The largest absolute Gasteiger partial charge is 0.505 e. The van der Waals surface area contributed by atoms with Crippen molar-refractivity contribution in [2.24, 2.45) is 0 Å². The van der Waals surface area contributed by atoms with Gasteiger partial charge in [-0.15, -0.1) is 0 Å². The number of halogens is 3. The fourth-order valence-corrected chi connectivity index (χ4v) is 4.00. The van der Waals surface area contributed by atoms with Crippen LogP contribution in [0.2, 0.25) is 15.1 Å². The summed E-state index contributed by atoms with van der Waals surface area (Å²) in [6.07, 6.45) is 0. The molecule has 150 valence electrons. The maximum Gasteiger partial charge on any atom is 0.256 e. The summed E-state index contributed by atoms with van der Waals surface area (Å²) in [5.41, 5.74) is 1.13. The number of rotatable bonds is 5. The Morgan fingerprint density at radius 1 is 1.11 bits per heavy atom. The predicted molar refractivity (Wildman–Crippen MR) is 115 cm³/mol. The number of nitrogens with zero attached hydrogens (tertiary/aromatic N) is 2. The predicted octanol–water partition coefficient (Wildman–Crippen LogP) is 4.29. The van der Waals surface area contributed by atoms with Crippen molar-refractivity contribution < 1.29 is 9.90 Å². The second-order valence-corrected chi connectivity index (χ2v) is 7.99. The molecule has 28 heavy (non-hydrogen) atoms. The summed E-state index contributed by atoms with van der Waals surface area (Å²) < 4.78 is 0. The summed E-state index contributed by atoms with van der Waals surface area (Å²) in [7, 11) is 0. The quantitative estimate of drug-likeness (QED) is 0.678. The molecule has 0 aromatic heterocycles. The third-order valence-electron chi connectivity index (χ3n) is 4.99. The molecule has 0 radical (unpaired) electrons. The number of aromatic hydroxyl groups is 1. The van der Waals surface area contributed by atoms with Gasteiger partial charge in [0.2, 0.25) is 0 Å². The molecule has 0 bridgehead atoms. The van der Waals surface area contributed by atoms with Crippen LogP contribution in [0.25, 0.3) is 0 Å². The van der Waals surface area contributed by atoms with Gasteiger partial charge in [0.1, 0.15) is 11.3 Å². The lowest BCUT2D eigenvalue weighted by Gasteiger charge is -2.39. The minimum absolute atomic E-state index is 0.00908. The van der Waals surface area contributed by atoms with E-state index in [1.54, 1.807) is 0 Å². The Labute approximate surface area is 179 Å². The number of phenolic OH excluding ortho intramolecular Hbond substituents is 1. The first-order valence-electron chi connectivity index (χ1n) is 9.07. The van der Waals surface area contributed by atoms with Crippen molar-refractivity contribution in [2.45, 2.75) is 13.0 Å². The Balaban J connectivity index is 1.55. The van der Waals surface area contributed by atoms with Crippen molar-refractivity contribution in [2.75, 3.05) is 37.6 Å². The first-order valence-corrected chi connectivity index (χ1v) is 10.2. The van der Waals surface area contributed by atoms with E-state index in [0.29, 0.717) is 6.54 Å². The molecule has 2 aromatic carbocycles. The zero-order chi connectivity index (χ0) is 20.3. The van der Waals surface area contributed by atoms with Gasteiger partial charge in [-0.3, -0.25) is 9.69 Å². The molecule has 0 aliphatic carbocycles. The Bertz CT molecular complexity index is 814. The third-order valence-corrected chi connectivity index (χ3v) is 6.07. The molecule has 1 unspecified atom stereocenters. The lowest BCUT2D eigenvalue weighted by molar-refractivity contribution is 0.0932. The van der Waals surface area contributed by atoms with E-state index in [2.05, 4.69) is 34.2 Å². The van der Waals surface area contributed by atoms with Crippen LogP contribution in [-0.2, 0) is 0 Å². The van der Waals surface area contributed by atoms with Gasteiger partial charge in [0, 0.05) is 44.5 Å². The third kappa shape index (κ3) is 4.66. The van der Waals surface area contributed by atoms with Crippen LogP contribution in [0.4, 0.5) is 5.69 Å². The second-order valence-electron chi connectivity index (χ2n) is 6.80. The van der Waals surface area contributed by atoms with E-state index in [4.69, 9.17) is 34.8 Å². The molecule has 2 aromatic rings. The van der Waals surface area contributed by atoms with Gasteiger partial charge in [0.05, 0.1) is 15.1 Å². The van der Waals surface area contributed by atoms with Crippen molar-refractivity contribution in [3.05, 3.63) is 57.0 Å². The molecule has 8 heteroatoms. The maximum atomic E-state index is 12.5. The number of phenols is 1. The molecule has 1 saturated heterocycles. The highest BCUT2D eigenvalue weighted by Crippen LogP contribution is 2.38. The van der Waals surface area contributed by atoms with Gasteiger partial charge < -0.3 is 15.3 Å². The number of amides is 1. The van der Waals surface area contributed by atoms with Gasteiger partial charge in [-0.1, -0.05) is 53.0 Å². The van der Waals surface area contributed by atoms with Crippen LogP contribution in [0.15, 0.2) is 36.4 Å². The van der Waals surface area contributed by atoms with Gasteiger partial charge in [-0.2, -0.15) is 0 Å². The monoisotopic (exact) mass is 441 g/mol. The minimum atomic E-state index is -0.498. The Hall–Kier alpha value is -1.66. The molecule has 1 amide bonds. The minimum Gasteiger partial charge on any atom is -0.505 e. The fraction of sp³-hybridized carbons (Fsp3) is 0.350. The number of piperazine rings is 1. The Morgan fingerprint density at radius 3 is 2.39 bits per heavy atom. The number of benzene rings is 2. The summed E-state index contributed by atoms with van der Waals surface area (Å²) in [5, 5.41) is 13.0. The topological polar surface area (TPSA) is 55.8 Å². The van der Waals surface area contributed by atoms with Gasteiger partial charge in [-0.25, -0.2) is 0 Å². The van der Waals surface area contributed by atoms with E-state index in [0.717, 1.165) is 26.2 Å². The standard InChI is InChI=1S/C20H22Cl3N3O2/c1-13(25-7-9-26(10-8-25)14-5-3-2-4-6-14)12-24-20(28)17-18(23)15(21)11-16(22)19(17)27/h2-6,11,13,27H,7-10,12H2,1H3,(H,24,28). The van der Waals surface area contributed by atoms with Crippen LogP contribution in [0.1, 0.15) is 17.3 Å². The summed E-state index contributed by atoms with van der Waals surface area (Å²) in [6, 6.07) is 11.8. The zero-order valence-corrected chi connectivity index (χ0v) is 17.7. The summed E-state index contributed by atoms with van der Waals surface area (Å²) >= 11 is 17.9. The first kappa shape index (κ1) is 21.1. The van der Waals surface area contributed by atoms with E-state index in [9.17, 15) is 9.90 Å². The van der Waals surface area contributed by atoms with Crippen LogP contribution in [-0.4, -0.2) is 54.7 Å². The molecule has 0 spiro atoms. The summed E-state index contributed by atoms with van der Waals surface area (Å²) in [5.74, 6) is -0.862. The maximum absolute atomic E-state index is 12.5. The van der Waals surface area contributed by atoms with Crippen LogP contribution in [0.3, 0.4) is 0 Å². The van der Waals surface area contributed by atoms with Crippen LogP contribution in [0, 0.1) is 0 Å². The highest BCUT2D eigenvalue weighted by atomic mass is 35.5. The van der Waals surface area contributed by atoms with Gasteiger partial charge in [0.25, 0.3) is 5.91 Å². The van der Waals surface area contributed by atoms with Crippen LogP contribution >= 0.6 is 34.8 Å². The smallest absolute Gasteiger partial charge is 0.256 e. The zero-order valence-electron chi connectivity index (χ0n) is 15.5. The average Bonchev–Trinajstić information content (AvgIpc) is 2.71. The first-order chi connectivity index (χ1) is 13.4. The van der Waals surface area contributed by atoms with Gasteiger partial charge in [0.15, 0.2) is 0 Å². The van der Waals surface area contributed by atoms with Crippen molar-refractivity contribution in [3.8, 4) is 5.75 Å². The van der Waals surface area contributed by atoms with E-state index in [-0.39, 0.29) is 32.4 Å². The molecule has 1 atom stereocenters. The molecule has 1 heterocycles. The number of carbonyl (C=O) groups is 1. The molecular weight excluding hydrogens is 421 g/mol. The SMILES string of the molecule is CC(CNC(=O)c1c(O)c(Cl)cc(Cl)c1Cl)N1CCN(c2ccccc2)CC1. The molecule has 0 saturated carbocycles. The average molecular weight is 443 g/mol. The van der Waals surface area contributed by atoms with Crippen molar-refractivity contribution >= 4 is 46.4 Å². The Morgan fingerprint density at radius 2 is 1.75 bits per heavy atom. The molecule has 2 N–H and O–H groups in total. The highest BCUT2D eigenvalue weighted by molar-refractivity contribution is 6.45. The number of anilines is 1. The number of hydrogen-bond donors (Lipinski definition) is 2. The van der Waals surface area contributed by atoms with E-state index in [1.807, 2.05) is 18.2 Å². The van der Waals surface area contributed by atoms with E-state index >= 15 is 0 Å². The van der Waals surface area contributed by atoms with Crippen molar-refractivity contribution in [1.82, 2.24) is 10.2 Å². The number of nitrogens with one attached hydrogen (secondary N) is 1. The highest BCUT2D eigenvalue weighted by Gasteiger charge is 2.24. The summed E-state index contributed by atoms with van der Waals surface area (Å²) in [6.45, 7) is 6.15. The lowest BCUT2D eigenvalue weighted by atomic mass is 10.1. The van der Waals surface area contributed by atoms with Gasteiger partial charge >= 0.3 is 0 Å². The molecule has 3 rings (SSSR count). The van der Waals surface area contributed by atoms with Crippen LogP contribution < -0.4 is 10.2 Å². The van der Waals surface area contributed by atoms with Crippen molar-refractivity contribution in [3.63, 3.8) is 0 Å². The molecule has 1 fully saturated rings. The van der Waals surface area contributed by atoms with Gasteiger partial charge in [-0.05, 0) is 25.1 Å². The number of carbonyl (C=O) groups excluding carboxylic acids is 1. The lowest BCUT2D eigenvalue weighted by Crippen LogP contribution is -2.52. The number of para-hydroxylation sites is 1. The fourth-order valence-electron chi connectivity index (χ4n) is 3.31. The van der Waals surface area contributed by atoms with Crippen molar-refractivity contribution in [1.29, 1.82) is 0 Å². The summed E-state index contributed by atoms with van der Waals surface area (Å²) in [4.78, 5) is 17.2. The van der Waals surface area contributed by atoms with E-state index < -0.39 is 5.91 Å². The molecule has 1 aliphatic heterocycles. The molecular formula is C20H22Cl3N3O2.